The van der Waals surface area contributed by atoms with Gasteiger partial charge in [-0.25, -0.2) is 0 Å². The van der Waals surface area contributed by atoms with E-state index in [-0.39, 0.29) is 17.9 Å². The number of hydrogen-bond acceptors (Lipinski definition) is 3. The SMILES string of the molecule is O=C(NC1CCN(Cc2ccccc2)CC1)c1ccc2c(c1)CCNC2=O. The van der Waals surface area contributed by atoms with E-state index in [0.717, 1.165) is 44.5 Å². The Labute approximate surface area is 159 Å². The molecule has 2 aromatic carbocycles. The van der Waals surface area contributed by atoms with Crippen LogP contribution in [0, 0.1) is 0 Å². The molecule has 2 heterocycles. The van der Waals surface area contributed by atoms with E-state index < -0.39 is 0 Å². The maximum absolute atomic E-state index is 12.6. The van der Waals surface area contributed by atoms with Gasteiger partial charge in [-0.05, 0) is 48.6 Å². The summed E-state index contributed by atoms with van der Waals surface area (Å²) < 4.78 is 0. The van der Waals surface area contributed by atoms with Crippen LogP contribution >= 0.6 is 0 Å². The third kappa shape index (κ3) is 4.19. The molecule has 2 aliphatic heterocycles. The average Bonchev–Trinajstić information content (AvgIpc) is 2.70. The summed E-state index contributed by atoms with van der Waals surface area (Å²) in [6, 6.07) is 16.1. The summed E-state index contributed by atoms with van der Waals surface area (Å²) in [6.45, 7) is 3.58. The number of amides is 2. The lowest BCUT2D eigenvalue weighted by atomic mass is 9.97. The molecule has 0 spiro atoms. The molecule has 0 bridgehead atoms. The van der Waals surface area contributed by atoms with Crippen molar-refractivity contribution >= 4 is 11.8 Å². The van der Waals surface area contributed by atoms with E-state index in [2.05, 4.69) is 39.8 Å². The first-order valence-corrected chi connectivity index (χ1v) is 9.67. The largest absolute Gasteiger partial charge is 0.352 e. The fourth-order valence-electron chi connectivity index (χ4n) is 3.91. The van der Waals surface area contributed by atoms with Gasteiger partial charge in [0.1, 0.15) is 0 Å². The van der Waals surface area contributed by atoms with Gasteiger partial charge in [-0.2, -0.15) is 0 Å². The highest BCUT2D eigenvalue weighted by atomic mass is 16.2. The summed E-state index contributed by atoms with van der Waals surface area (Å²) in [4.78, 5) is 26.9. The van der Waals surface area contributed by atoms with E-state index in [4.69, 9.17) is 0 Å². The number of piperidine rings is 1. The van der Waals surface area contributed by atoms with Crippen LogP contribution in [0.1, 0.15) is 44.7 Å². The summed E-state index contributed by atoms with van der Waals surface area (Å²) in [7, 11) is 0. The molecule has 1 saturated heterocycles. The van der Waals surface area contributed by atoms with Gasteiger partial charge < -0.3 is 10.6 Å². The number of nitrogens with one attached hydrogen (secondary N) is 2. The van der Waals surface area contributed by atoms with Crippen molar-refractivity contribution in [2.75, 3.05) is 19.6 Å². The molecule has 0 unspecified atom stereocenters. The molecule has 0 atom stereocenters. The van der Waals surface area contributed by atoms with Crippen molar-refractivity contribution < 1.29 is 9.59 Å². The van der Waals surface area contributed by atoms with Gasteiger partial charge in [0, 0.05) is 43.3 Å². The number of likely N-dealkylation sites (tertiary alicyclic amines) is 1. The molecule has 5 nitrogen and oxygen atoms in total. The van der Waals surface area contributed by atoms with Gasteiger partial charge in [0.05, 0.1) is 0 Å². The first-order chi connectivity index (χ1) is 13.2. The van der Waals surface area contributed by atoms with Gasteiger partial charge in [-0.15, -0.1) is 0 Å². The van der Waals surface area contributed by atoms with E-state index in [1.807, 2.05) is 12.1 Å². The number of hydrogen-bond donors (Lipinski definition) is 2. The molecule has 27 heavy (non-hydrogen) atoms. The Kier molecular flexibility index (Phi) is 5.21. The molecule has 1 fully saturated rings. The molecule has 0 radical (unpaired) electrons. The fourth-order valence-corrected chi connectivity index (χ4v) is 3.91. The Hall–Kier alpha value is -2.66. The summed E-state index contributed by atoms with van der Waals surface area (Å²) in [5.41, 5.74) is 3.63. The minimum Gasteiger partial charge on any atom is -0.352 e. The Bertz CT molecular complexity index is 827. The Morgan fingerprint density at radius 1 is 1.11 bits per heavy atom. The second kappa shape index (κ2) is 7.92. The highest BCUT2D eigenvalue weighted by Crippen LogP contribution is 2.18. The van der Waals surface area contributed by atoms with Crippen molar-refractivity contribution in [3.05, 3.63) is 70.8 Å². The zero-order valence-electron chi connectivity index (χ0n) is 15.4. The van der Waals surface area contributed by atoms with Crippen molar-refractivity contribution in [1.29, 1.82) is 0 Å². The zero-order chi connectivity index (χ0) is 18.6. The van der Waals surface area contributed by atoms with Crippen molar-refractivity contribution in [3.63, 3.8) is 0 Å². The molecule has 2 aromatic rings. The molecule has 5 heteroatoms. The minimum absolute atomic E-state index is 0.0368. The lowest BCUT2D eigenvalue weighted by molar-refractivity contribution is 0.0904. The van der Waals surface area contributed by atoms with Crippen LogP contribution in [0.25, 0.3) is 0 Å². The molecule has 140 valence electrons. The zero-order valence-corrected chi connectivity index (χ0v) is 15.4. The Balaban J connectivity index is 1.31. The van der Waals surface area contributed by atoms with Gasteiger partial charge in [0.2, 0.25) is 0 Å². The predicted octanol–water partition coefficient (Wildman–Crippen LogP) is 2.37. The van der Waals surface area contributed by atoms with E-state index in [9.17, 15) is 9.59 Å². The average molecular weight is 363 g/mol. The van der Waals surface area contributed by atoms with Crippen molar-refractivity contribution in [2.24, 2.45) is 0 Å². The quantitative estimate of drug-likeness (QED) is 0.877. The Morgan fingerprint density at radius 2 is 1.89 bits per heavy atom. The van der Waals surface area contributed by atoms with Crippen LogP contribution in [0.4, 0.5) is 0 Å². The Morgan fingerprint density at radius 3 is 2.67 bits per heavy atom. The lowest BCUT2D eigenvalue weighted by Crippen LogP contribution is -2.44. The monoisotopic (exact) mass is 363 g/mol. The number of benzene rings is 2. The van der Waals surface area contributed by atoms with Crippen LogP contribution in [0.5, 0.6) is 0 Å². The predicted molar refractivity (Wildman–Crippen MR) is 105 cm³/mol. The van der Waals surface area contributed by atoms with Crippen LogP contribution in [0.2, 0.25) is 0 Å². The van der Waals surface area contributed by atoms with Crippen LogP contribution in [0.15, 0.2) is 48.5 Å². The third-order valence-electron chi connectivity index (χ3n) is 5.46. The molecule has 2 aliphatic rings. The third-order valence-corrected chi connectivity index (χ3v) is 5.46. The normalized spacial score (nSPS) is 17.9. The fraction of sp³-hybridized carbons (Fsp3) is 0.364. The summed E-state index contributed by atoms with van der Waals surface area (Å²) in [5.74, 6) is -0.0840. The van der Waals surface area contributed by atoms with Crippen LogP contribution in [-0.2, 0) is 13.0 Å². The van der Waals surface area contributed by atoms with E-state index >= 15 is 0 Å². The number of fused-ring (bicyclic) bond motifs is 1. The summed E-state index contributed by atoms with van der Waals surface area (Å²) in [6.07, 6.45) is 2.71. The highest BCUT2D eigenvalue weighted by molar-refractivity contribution is 5.99. The van der Waals surface area contributed by atoms with Crippen LogP contribution < -0.4 is 10.6 Å². The summed E-state index contributed by atoms with van der Waals surface area (Å²) >= 11 is 0. The van der Waals surface area contributed by atoms with Gasteiger partial charge in [-0.3, -0.25) is 14.5 Å². The first kappa shape index (κ1) is 17.7. The molecule has 4 rings (SSSR count). The topological polar surface area (TPSA) is 61.4 Å². The second-order valence-electron chi connectivity index (χ2n) is 7.39. The van der Waals surface area contributed by atoms with Crippen molar-refractivity contribution in [3.8, 4) is 0 Å². The molecule has 2 N–H and O–H groups in total. The second-order valence-corrected chi connectivity index (χ2v) is 7.39. The van der Waals surface area contributed by atoms with Crippen LogP contribution in [-0.4, -0.2) is 42.4 Å². The molecular weight excluding hydrogens is 338 g/mol. The highest BCUT2D eigenvalue weighted by Gasteiger charge is 2.22. The number of rotatable bonds is 4. The van der Waals surface area contributed by atoms with Gasteiger partial charge in [0.15, 0.2) is 0 Å². The molecule has 0 saturated carbocycles. The van der Waals surface area contributed by atoms with Crippen LogP contribution in [0.3, 0.4) is 0 Å². The maximum atomic E-state index is 12.6. The van der Waals surface area contributed by atoms with E-state index in [0.29, 0.717) is 17.7 Å². The van der Waals surface area contributed by atoms with Crippen molar-refractivity contribution in [1.82, 2.24) is 15.5 Å². The lowest BCUT2D eigenvalue weighted by Gasteiger charge is -2.32. The molecule has 0 aromatic heterocycles. The van der Waals surface area contributed by atoms with Gasteiger partial charge in [0.25, 0.3) is 11.8 Å². The standard InChI is InChI=1S/C22H25N3O2/c26-21(18-6-7-20-17(14-18)8-11-23-22(20)27)24-19-9-12-25(13-10-19)15-16-4-2-1-3-5-16/h1-7,14,19H,8-13,15H2,(H,23,27)(H,24,26). The molecular formula is C22H25N3O2. The first-order valence-electron chi connectivity index (χ1n) is 9.67. The minimum atomic E-state index is -0.0472. The van der Waals surface area contributed by atoms with Gasteiger partial charge >= 0.3 is 0 Å². The number of nitrogens with zero attached hydrogens (tertiary/aromatic N) is 1. The maximum Gasteiger partial charge on any atom is 0.251 e. The number of carbonyl (C=O) groups is 2. The molecule has 2 amide bonds. The van der Waals surface area contributed by atoms with Gasteiger partial charge in [-0.1, -0.05) is 30.3 Å². The smallest absolute Gasteiger partial charge is 0.251 e. The molecule has 0 aliphatic carbocycles. The number of carbonyl (C=O) groups excluding carboxylic acids is 2. The van der Waals surface area contributed by atoms with E-state index in [1.165, 1.54) is 5.56 Å². The summed E-state index contributed by atoms with van der Waals surface area (Å²) in [5, 5.41) is 6.00. The van der Waals surface area contributed by atoms with E-state index in [1.54, 1.807) is 12.1 Å². The van der Waals surface area contributed by atoms with Crippen molar-refractivity contribution in [2.45, 2.75) is 31.8 Å².